The van der Waals surface area contributed by atoms with Gasteiger partial charge in [-0.2, -0.15) is 0 Å². The summed E-state index contributed by atoms with van der Waals surface area (Å²) < 4.78 is 7.56. The van der Waals surface area contributed by atoms with Gasteiger partial charge in [0.15, 0.2) is 0 Å². The Morgan fingerprint density at radius 1 is 1.17 bits per heavy atom. The Morgan fingerprint density at radius 3 is 2.69 bits per heavy atom. The minimum atomic E-state index is 0.135. The van der Waals surface area contributed by atoms with Crippen LogP contribution in [0.5, 0.6) is 0 Å². The van der Waals surface area contributed by atoms with E-state index in [1.54, 1.807) is 0 Å². The number of fused-ring (bicyclic) bond motifs is 1. The van der Waals surface area contributed by atoms with Gasteiger partial charge in [0.25, 0.3) is 0 Å². The molecule has 0 radical (unpaired) electrons. The summed E-state index contributed by atoms with van der Waals surface area (Å²) >= 11 is 0. The number of nitrogens with zero attached hydrogens (tertiary/aromatic N) is 4. The number of carbonyl (C=O) groups is 1. The molecule has 3 aromatic rings. The summed E-state index contributed by atoms with van der Waals surface area (Å²) in [5.74, 6) is 1.41. The highest BCUT2D eigenvalue weighted by Gasteiger charge is 2.34. The van der Waals surface area contributed by atoms with Crippen molar-refractivity contribution in [1.82, 2.24) is 19.4 Å². The topological polar surface area (TPSA) is 60.3 Å². The first-order valence-corrected chi connectivity index (χ1v) is 10.3. The fourth-order valence-electron chi connectivity index (χ4n) is 4.17. The number of benzene rings is 1. The normalized spacial score (nSPS) is 19.9. The van der Waals surface area contributed by atoms with Crippen LogP contribution in [0.4, 0.5) is 0 Å². The van der Waals surface area contributed by atoms with Crippen LogP contribution in [0.3, 0.4) is 0 Å². The molecule has 2 aliphatic heterocycles. The molecule has 2 saturated heterocycles. The summed E-state index contributed by atoms with van der Waals surface area (Å²) in [6, 6.07) is 8.39. The Labute approximate surface area is 170 Å². The molecule has 6 nitrogen and oxygen atoms in total. The molecule has 0 amide bonds. The van der Waals surface area contributed by atoms with E-state index < -0.39 is 0 Å². The van der Waals surface area contributed by atoms with Gasteiger partial charge in [0, 0.05) is 68.5 Å². The highest BCUT2D eigenvalue weighted by molar-refractivity contribution is 5.88. The molecule has 0 spiro atoms. The summed E-state index contributed by atoms with van der Waals surface area (Å²) in [6.07, 6.45) is 5.71. The third-order valence-corrected chi connectivity index (χ3v) is 6.32. The van der Waals surface area contributed by atoms with Crippen LogP contribution in [0, 0.1) is 12.8 Å². The van der Waals surface area contributed by atoms with Gasteiger partial charge < -0.3 is 9.30 Å². The number of ketones is 1. The first-order valence-electron chi connectivity index (χ1n) is 10.3. The Bertz CT molecular complexity index is 1060. The molecular formula is C23H26N4O2. The Kier molecular flexibility index (Phi) is 4.68. The van der Waals surface area contributed by atoms with Crippen LogP contribution in [0.1, 0.15) is 17.9 Å². The lowest BCUT2D eigenvalue weighted by Gasteiger charge is -2.42. The highest BCUT2D eigenvalue weighted by atomic mass is 16.5. The SMILES string of the molecule is Cc1ncc(-c2ccc3cnc(CC(=O)C4CN(CC5CCO5)C4)cc3c2)n1C. The van der Waals surface area contributed by atoms with Gasteiger partial charge in [-0.25, -0.2) is 4.98 Å². The number of aryl methyl sites for hydroxylation is 1. The van der Waals surface area contributed by atoms with Gasteiger partial charge in [0.05, 0.1) is 18.0 Å². The third kappa shape index (κ3) is 3.58. The number of pyridine rings is 1. The number of rotatable bonds is 6. The predicted molar refractivity (Wildman–Crippen MR) is 112 cm³/mol. The van der Waals surface area contributed by atoms with Gasteiger partial charge in [-0.3, -0.25) is 14.7 Å². The molecule has 6 heteroatoms. The van der Waals surface area contributed by atoms with Crippen molar-refractivity contribution in [2.45, 2.75) is 25.9 Å². The third-order valence-electron chi connectivity index (χ3n) is 6.32. The van der Waals surface area contributed by atoms with Gasteiger partial charge in [0.1, 0.15) is 11.6 Å². The lowest BCUT2D eigenvalue weighted by atomic mass is 9.91. The molecule has 4 heterocycles. The summed E-state index contributed by atoms with van der Waals surface area (Å²) in [6.45, 7) is 5.57. The van der Waals surface area contributed by atoms with Crippen molar-refractivity contribution < 1.29 is 9.53 Å². The highest BCUT2D eigenvalue weighted by Crippen LogP contribution is 2.26. The molecule has 1 atom stereocenters. The molecule has 0 saturated carbocycles. The average molecular weight is 390 g/mol. The van der Waals surface area contributed by atoms with Gasteiger partial charge in [-0.05, 0) is 30.9 Å². The van der Waals surface area contributed by atoms with Crippen LogP contribution in [0.15, 0.2) is 36.7 Å². The molecule has 0 N–H and O–H groups in total. The number of ether oxygens (including phenoxy) is 1. The number of hydrogen-bond donors (Lipinski definition) is 0. The maximum Gasteiger partial charge on any atom is 0.144 e. The zero-order chi connectivity index (χ0) is 20.0. The van der Waals surface area contributed by atoms with Crippen LogP contribution in [-0.2, 0) is 23.0 Å². The van der Waals surface area contributed by atoms with Crippen LogP contribution >= 0.6 is 0 Å². The monoisotopic (exact) mass is 390 g/mol. The minimum Gasteiger partial charge on any atom is -0.377 e. The summed E-state index contributed by atoms with van der Waals surface area (Å²) in [7, 11) is 2.03. The smallest absolute Gasteiger partial charge is 0.144 e. The van der Waals surface area contributed by atoms with Gasteiger partial charge in [-0.1, -0.05) is 12.1 Å². The number of aromatic nitrogens is 3. The quantitative estimate of drug-likeness (QED) is 0.648. The number of likely N-dealkylation sites (tertiary alicyclic amines) is 1. The van der Waals surface area contributed by atoms with Crippen LogP contribution in [0.25, 0.3) is 22.0 Å². The van der Waals surface area contributed by atoms with Crippen LogP contribution in [-0.4, -0.2) is 57.6 Å². The van der Waals surface area contributed by atoms with Gasteiger partial charge >= 0.3 is 0 Å². The maximum absolute atomic E-state index is 12.7. The Hall–Kier alpha value is -2.57. The first-order chi connectivity index (χ1) is 14.1. The van der Waals surface area contributed by atoms with Crippen molar-refractivity contribution in [3.8, 4) is 11.3 Å². The number of hydrogen-bond acceptors (Lipinski definition) is 5. The van der Waals surface area contributed by atoms with E-state index >= 15 is 0 Å². The van der Waals surface area contributed by atoms with E-state index in [2.05, 4.69) is 43.7 Å². The average Bonchev–Trinajstić information content (AvgIpc) is 2.97. The van der Waals surface area contributed by atoms with E-state index in [0.717, 1.165) is 66.2 Å². The number of Topliss-reactive ketones (excluding diaryl/α,β-unsaturated/α-hetero) is 1. The molecule has 0 bridgehead atoms. The molecular weight excluding hydrogens is 364 g/mol. The van der Waals surface area contributed by atoms with E-state index in [1.807, 2.05) is 26.4 Å². The maximum atomic E-state index is 12.7. The number of imidazole rings is 1. The van der Waals surface area contributed by atoms with Crippen molar-refractivity contribution in [2.75, 3.05) is 26.2 Å². The zero-order valence-electron chi connectivity index (χ0n) is 17.0. The Morgan fingerprint density at radius 2 is 2.00 bits per heavy atom. The molecule has 1 aromatic carbocycles. The van der Waals surface area contributed by atoms with E-state index in [-0.39, 0.29) is 5.92 Å². The largest absolute Gasteiger partial charge is 0.377 e. The zero-order valence-corrected chi connectivity index (χ0v) is 17.0. The van der Waals surface area contributed by atoms with Crippen LogP contribution < -0.4 is 0 Å². The molecule has 2 aromatic heterocycles. The van der Waals surface area contributed by atoms with Crippen molar-refractivity contribution in [1.29, 1.82) is 0 Å². The fourth-order valence-corrected chi connectivity index (χ4v) is 4.17. The number of carbonyl (C=O) groups excluding carboxylic acids is 1. The van der Waals surface area contributed by atoms with Crippen molar-refractivity contribution in [3.63, 3.8) is 0 Å². The molecule has 2 aliphatic rings. The van der Waals surface area contributed by atoms with Crippen molar-refractivity contribution >= 4 is 16.6 Å². The van der Waals surface area contributed by atoms with E-state index in [0.29, 0.717) is 18.3 Å². The second-order valence-corrected chi connectivity index (χ2v) is 8.33. The molecule has 2 fully saturated rings. The van der Waals surface area contributed by atoms with Crippen molar-refractivity contribution in [3.05, 3.63) is 48.2 Å². The molecule has 29 heavy (non-hydrogen) atoms. The summed E-state index contributed by atoms with van der Waals surface area (Å²) in [5, 5.41) is 2.19. The Balaban J connectivity index is 1.28. The first kappa shape index (κ1) is 18.5. The second kappa shape index (κ2) is 7.35. The van der Waals surface area contributed by atoms with Crippen LogP contribution in [0.2, 0.25) is 0 Å². The van der Waals surface area contributed by atoms with Gasteiger partial charge in [0.2, 0.25) is 0 Å². The van der Waals surface area contributed by atoms with E-state index in [9.17, 15) is 4.79 Å². The van der Waals surface area contributed by atoms with Gasteiger partial charge in [-0.15, -0.1) is 0 Å². The standard InChI is InChI=1S/C23H26N4O2/c1-15-24-11-22(26(15)2)16-3-4-17-10-25-20(8-18(17)7-16)9-23(28)19-12-27(13-19)14-21-5-6-29-21/h3-4,7-8,10-11,19,21H,5-6,9,12-14H2,1-2H3. The second-order valence-electron chi connectivity index (χ2n) is 8.33. The minimum absolute atomic E-state index is 0.135. The lowest BCUT2D eigenvalue weighted by molar-refractivity contribution is -0.130. The molecule has 1 unspecified atom stereocenters. The summed E-state index contributed by atoms with van der Waals surface area (Å²) in [5.41, 5.74) is 3.06. The molecule has 5 rings (SSSR count). The molecule has 0 aliphatic carbocycles. The predicted octanol–water partition coefficient (Wildman–Crippen LogP) is 2.78. The molecule has 150 valence electrons. The summed E-state index contributed by atoms with van der Waals surface area (Å²) in [4.78, 5) is 23.9. The lowest BCUT2D eigenvalue weighted by Crippen LogP contribution is -2.54. The fraction of sp³-hybridized carbons (Fsp3) is 0.435. The van der Waals surface area contributed by atoms with E-state index in [1.165, 1.54) is 0 Å². The van der Waals surface area contributed by atoms with E-state index in [4.69, 9.17) is 4.74 Å². The van der Waals surface area contributed by atoms with Crippen molar-refractivity contribution in [2.24, 2.45) is 13.0 Å².